The maximum absolute atomic E-state index is 12.1. The molecule has 3 N–H and O–H groups in total. The Morgan fingerprint density at radius 3 is 2.52 bits per heavy atom. The number of nitrogens with one attached hydrogen (secondary N) is 1. The van der Waals surface area contributed by atoms with E-state index in [0.29, 0.717) is 12.4 Å². The van der Waals surface area contributed by atoms with Crippen LogP contribution in [0, 0.1) is 6.92 Å². The van der Waals surface area contributed by atoms with Gasteiger partial charge in [0, 0.05) is 12.7 Å². The predicted octanol–water partition coefficient (Wildman–Crippen LogP) is -0.192. The molecule has 1 rings (SSSR count). The third kappa shape index (κ3) is 4.53. The lowest BCUT2D eigenvalue weighted by Gasteiger charge is -2.11. The van der Waals surface area contributed by atoms with E-state index in [2.05, 4.69) is 4.98 Å². The van der Waals surface area contributed by atoms with E-state index in [1.165, 1.54) is 6.20 Å². The largest absolute Gasteiger partial charge is 0.481 e. The van der Waals surface area contributed by atoms with Gasteiger partial charge in [0.05, 0.1) is 6.42 Å². The average Bonchev–Trinajstić information content (AvgIpc) is 2.70. The van der Waals surface area contributed by atoms with Crippen LogP contribution in [0.3, 0.4) is 0 Å². The van der Waals surface area contributed by atoms with Crippen LogP contribution in [0.5, 0.6) is 0 Å². The minimum atomic E-state index is -4.20. The fraction of sp³-hybridized carbons (Fsp3) is 0.545. The van der Waals surface area contributed by atoms with E-state index in [0.717, 1.165) is 6.42 Å². The van der Waals surface area contributed by atoms with Crippen LogP contribution in [0.15, 0.2) is 11.2 Å². The number of carboxylic acid groups (broad SMARTS) is 2. The average molecular weight is 319 g/mol. The van der Waals surface area contributed by atoms with Gasteiger partial charge in [0.25, 0.3) is 10.0 Å². The fourth-order valence-electron chi connectivity index (χ4n) is 1.68. The van der Waals surface area contributed by atoms with Gasteiger partial charge in [0.2, 0.25) is 0 Å². The van der Waals surface area contributed by atoms with Crippen molar-refractivity contribution in [3.63, 3.8) is 0 Å². The number of aliphatic carboxylic acids is 2. The van der Waals surface area contributed by atoms with E-state index in [4.69, 9.17) is 10.2 Å². The number of imidazole rings is 1. The van der Waals surface area contributed by atoms with E-state index in [-0.39, 0.29) is 5.03 Å². The van der Waals surface area contributed by atoms with Crippen molar-refractivity contribution in [2.75, 3.05) is 0 Å². The highest BCUT2D eigenvalue weighted by molar-refractivity contribution is 7.89. The zero-order valence-electron chi connectivity index (χ0n) is 11.6. The highest BCUT2D eigenvalue weighted by Gasteiger charge is 2.29. The van der Waals surface area contributed by atoms with E-state index >= 15 is 0 Å². The highest BCUT2D eigenvalue weighted by atomic mass is 32.2. The van der Waals surface area contributed by atoms with Crippen molar-refractivity contribution in [1.82, 2.24) is 14.3 Å². The number of aromatic nitrogens is 2. The number of sulfonamides is 1. The summed E-state index contributed by atoms with van der Waals surface area (Å²) in [4.78, 5) is 25.3. The Labute approximate surface area is 121 Å². The number of hydrogen-bond acceptors (Lipinski definition) is 5. The van der Waals surface area contributed by atoms with Crippen molar-refractivity contribution in [2.24, 2.45) is 0 Å². The molecular formula is C11H17N3O6S. The van der Waals surface area contributed by atoms with Gasteiger partial charge in [-0.25, -0.2) is 13.4 Å². The molecule has 0 saturated carbocycles. The molecular weight excluding hydrogens is 302 g/mol. The summed E-state index contributed by atoms with van der Waals surface area (Å²) in [6.07, 6.45) is 1.21. The van der Waals surface area contributed by atoms with Gasteiger partial charge in [-0.3, -0.25) is 9.59 Å². The van der Waals surface area contributed by atoms with Gasteiger partial charge in [-0.05, 0) is 13.3 Å². The number of hydrogen-bond donors (Lipinski definition) is 3. The second-order valence-electron chi connectivity index (χ2n) is 4.43. The molecule has 1 aromatic rings. The molecule has 9 nitrogen and oxygen atoms in total. The van der Waals surface area contributed by atoms with E-state index in [1.807, 2.05) is 11.6 Å². The number of carboxylic acids is 2. The molecule has 1 atom stereocenters. The monoisotopic (exact) mass is 319 g/mol. The minimum Gasteiger partial charge on any atom is -0.481 e. The van der Waals surface area contributed by atoms with Crippen LogP contribution in [0.2, 0.25) is 0 Å². The molecule has 1 heterocycles. The Balaban J connectivity index is 3.01. The summed E-state index contributed by atoms with van der Waals surface area (Å²) in [6.45, 7) is 4.12. The lowest BCUT2D eigenvalue weighted by atomic mass is 10.2. The summed E-state index contributed by atoms with van der Waals surface area (Å²) in [5.74, 6) is -2.51. The summed E-state index contributed by atoms with van der Waals surface area (Å²) in [5.41, 5.74) is 0. The van der Waals surface area contributed by atoms with Gasteiger partial charge in [0.15, 0.2) is 5.03 Å². The molecule has 0 unspecified atom stereocenters. The van der Waals surface area contributed by atoms with Crippen LogP contribution in [-0.2, 0) is 26.2 Å². The first-order valence-corrected chi connectivity index (χ1v) is 7.66. The first-order valence-electron chi connectivity index (χ1n) is 6.18. The second kappa shape index (κ2) is 6.68. The van der Waals surface area contributed by atoms with Gasteiger partial charge in [-0.2, -0.15) is 4.72 Å². The number of carbonyl (C=O) groups is 2. The highest BCUT2D eigenvalue weighted by Crippen LogP contribution is 2.11. The topological polar surface area (TPSA) is 139 Å². The molecule has 1 aromatic heterocycles. The third-order valence-electron chi connectivity index (χ3n) is 2.67. The lowest BCUT2D eigenvalue weighted by Crippen LogP contribution is -2.42. The quantitative estimate of drug-likeness (QED) is 0.603. The molecule has 0 radical (unpaired) electrons. The number of rotatable bonds is 8. The summed E-state index contributed by atoms with van der Waals surface area (Å²) in [6, 6.07) is -1.75. The summed E-state index contributed by atoms with van der Waals surface area (Å²) >= 11 is 0. The molecule has 21 heavy (non-hydrogen) atoms. The van der Waals surface area contributed by atoms with E-state index < -0.39 is 34.4 Å². The Hall–Kier alpha value is -1.94. The van der Waals surface area contributed by atoms with Crippen LogP contribution in [0.4, 0.5) is 0 Å². The van der Waals surface area contributed by atoms with Gasteiger partial charge >= 0.3 is 11.9 Å². The zero-order chi connectivity index (χ0) is 16.2. The van der Waals surface area contributed by atoms with E-state index in [9.17, 15) is 18.0 Å². The number of nitrogens with zero attached hydrogens (tertiary/aromatic N) is 2. The van der Waals surface area contributed by atoms with Gasteiger partial charge < -0.3 is 14.8 Å². The van der Waals surface area contributed by atoms with Crippen molar-refractivity contribution < 1.29 is 28.2 Å². The molecule has 0 aromatic carbocycles. The van der Waals surface area contributed by atoms with Crippen LogP contribution < -0.4 is 4.72 Å². The SMILES string of the molecule is CCCn1cc(S(=O)(=O)N[C@@H](CC(=O)O)C(=O)O)nc1C. The summed E-state index contributed by atoms with van der Waals surface area (Å²) in [5, 5.41) is 17.1. The third-order valence-corrected chi connectivity index (χ3v) is 4.01. The van der Waals surface area contributed by atoms with Crippen molar-refractivity contribution in [3.8, 4) is 0 Å². The first kappa shape index (κ1) is 17.1. The molecule has 0 amide bonds. The number of aryl methyl sites for hydroxylation is 2. The van der Waals surface area contributed by atoms with Crippen LogP contribution >= 0.6 is 0 Å². The first-order chi connectivity index (χ1) is 9.67. The molecule has 0 saturated heterocycles. The minimum absolute atomic E-state index is 0.329. The standard InChI is InChI=1S/C11H17N3O6S/c1-3-4-14-6-9(12-7(14)2)21(19,20)13-8(11(17)18)5-10(15)16/h6,8,13H,3-5H2,1-2H3,(H,15,16)(H,17,18)/t8-/m0/s1. The molecule has 0 aliphatic rings. The lowest BCUT2D eigenvalue weighted by molar-refractivity contribution is -0.145. The normalized spacial score (nSPS) is 13.0. The Kier molecular flexibility index (Phi) is 5.44. The zero-order valence-corrected chi connectivity index (χ0v) is 12.4. The Morgan fingerprint density at radius 2 is 2.05 bits per heavy atom. The fourth-order valence-corrected chi connectivity index (χ4v) is 2.88. The van der Waals surface area contributed by atoms with Gasteiger partial charge in [-0.15, -0.1) is 0 Å². The van der Waals surface area contributed by atoms with Gasteiger partial charge in [0.1, 0.15) is 11.9 Å². The maximum atomic E-state index is 12.1. The van der Waals surface area contributed by atoms with Crippen molar-refractivity contribution in [1.29, 1.82) is 0 Å². The smallest absolute Gasteiger partial charge is 0.322 e. The van der Waals surface area contributed by atoms with Crippen LogP contribution in [0.25, 0.3) is 0 Å². The van der Waals surface area contributed by atoms with Crippen molar-refractivity contribution in [2.45, 2.75) is 44.3 Å². The molecule has 10 heteroatoms. The van der Waals surface area contributed by atoms with Crippen LogP contribution in [0.1, 0.15) is 25.6 Å². The van der Waals surface area contributed by atoms with Crippen molar-refractivity contribution >= 4 is 22.0 Å². The van der Waals surface area contributed by atoms with Crippen molar-refractivity contribution in [3.05, 3.63) is 12.0 Å². The Morgan fingerprint density at radius 1 is 1.43 bits per heavy atom. The van der Waals surface area contributed by atoms with Gasteiger partial charge in [-0.1, -0.05) is 6.92 Å². The summed E-state index contributed by atoms with van der Waals surface area (Å²) in [7, 11) is -4.20. The van der Waals surface area contributed by atoms with E-state index in [1.54, 1.807) is 11.5 Å². The molecule has 0 aliphatic carbocycles. The molecule has 118 valence electrons. The van der Waals surface area contributed by atoms with Crippen LogP contribution in [-0.4, -0.2) is 46.2 Å². The molecule has 0 spiro atoms. The molecule has 0 bridgehead atoms. The molecule has 0 aliphatic heterocycles. The second-order valence-corrected chi connectivity index (χ2v) is 6.09. The molecule has 0 fully saturated rings. The maximum Gasteiger partial charge on any atom is 0.322 e. The Bertz CT molecular complexity index is 636. The predicted molar refractivity (Wildman–Crippen MR) is 71.3 cm³/mol. The summed E-state index contributed by atoms with van der Waals surface area (Å²) < 4.78 is 27.6.